The van der Waals surface area contributed by atoms with Crippen LogP contribution >= 0.6 is 12.2 Å². The van der Waals surface area contributed by atoms with Crippen LogP contribution in [0.15, 0.2) is 6.20 Å². The summed E-state index contributed by atoms with van der Waals surface area (Å²) >= 11 is 5.18. The maximum Gasteiger partial charge on any atom is 0.252 e. The van der Waals surface area contributed by atoms with Gasteiger partial charge in [-0.05, 0) is 18.1 Å². The number of carbonyl (C=O) groups is 2. The van der Waals surface area contributed by atoms with Crippen molar-refractivity contribution in [3.05, 3.63) is 16.7 Å². The van der Waals surface area contributed by atoms with Gasteiger partial charge in [-0.15, -0.1) is 0 Å². The number of imide groups is 1. The Balaban J connectivity index is 2.48. The van der Waals surface area contributed by atoms with Gasteiger partial charge in [-0.25, -0.2) is 0 Å². The Bertz CT molecular complexity index is 529. The van der Waals surface area contributed by atoms with Crippen LogP contribution in [0.5, 0.6) is 0 Å². The van der Waals surface area contributed by atoms with Crippen LogP contribution in [-0.2, 0) is 9.59 Å². The first-order chi connectivity index (χ1) is 7.93. The minimum absolute atomic E-state index is 0.155. The number of imidazole rings is 1. The molecule has 6 heteroatoms. The number of aromatic amines is 1. The summed E-state index contributed by atoms with van der Waals surface area (Å²) < 4.78 is 2.26. The zero-order valence-electron chi connectivity index (χ0n) is 10.1. The van der Waals surface area contributed by atoms with E-state index in [-0.39, 0.29) is 24.2 Å². The Morgan fingerprint density at radius 3 is 2.59 bits per heavy atom. The molecule has 1 atom stereocenters. The third-order valence-corrected chi connectivity index (χ3v) is 3.42. The Kier molecular flexibility index (Phi) is 2.91. The van der Waals surface area contributed by atoms with E-state index in [0.717, 1.165) is 5.69 Å². The maximum absolute atomic E-state index is 12.0. The van der Waals surface area contributed by atoms with Gasteiger partial charge < -0.3 is 9.55 Å². The number of nitrogens with one attached hydrogen (secondary N) is 1. The van der Waals surface area contributed by atoms with E-state index < -0.39 is 6.04 Å². The largest absolute Gasteiger partial charge is 0.337 e. The summed E-state index contributed by atoms with van der Waals surface area (Å²) in [5.74, 6) is -0.0952. The van der Waals surface area contributed by atoms with Crippen LogP contribution in [0.3, 0.4) is 0 Å². The van der Waals surface area contributed by atoms with Gasteiger partial charge in [0.25, 0.3) is 5.91 Å². The number of likely N-dealkylation sites (tertiary alicyclic amines) is 1. The molecule has 1 aliphatic heterocycles. The van der Waals surface area contributed by atoms with Crippen LogP contribution in [0.1, 0.15) is 37.9 Å². The molecule has 0 saturated carbocycles. The lowest BCUT2D eigenvalue weighted by molar-refractivity contribution is -0.137. The van der Waals surface area contributed by atoms with Gasteiger partial charge in [-0.3, -0.25) is 14.5 Å². The second kappa shape index (κ2) is 4.10. The SMILES string of the molecule is CC(C)c1c[nH]c(=S)n1C1CC(=O)N(C)C1=O. The number of hydrogen-bond acceptors (Lipinski definition) is 3. The summed E-state index contributed by atoms with van der Waals surface area (Å²) in [6, 6.07) is -0.483. The molecule has 0 bridgehead atoms. The van der Waals surface area contributed by atoms with E-state index in [4.69, 9.17) is 12.2 Å². The normalized spacial score (nSPS) is 20.7. The number of aromatic nitrogens is 2. The van der Waals surface area contributed by atoms with Crippen molar-refractivity contribution in [2.24, 2.45) is 0 Å². The molecule has 1 aliphatic rings. The van der Waals surface area contributed by atoms with Gasteiger partial charge in [0.2, 0.25) is 5.91 Å². The summed E-state index contributed by atoms with van der Waals surface area (Å²) in [5.41, 5.74) is 0.955. The van der Waals surface area contributed by atoms with Crippen molar-refractivity contribution in [1.29, 1.82) is 0 Å². The highest BCUT2D eigenvalue weighted by Gasteiger charge is 2.38. The van der Waals surface area contributed by atoms with Crippen molar-refractivity contribution >= 4 is 24.0 Å². The average molecular weight is 253 g/mol. The van der Waals surface area contributed by atoms with E-state index in [9.17, 15) is 9.59 Å². The third kappa shape index (κ3) is 1.82. The summed E-state index contributed by atoms with van der Waals surface area (Å²) in [6.45, 7) is 4.05. The maximum atomic E-state index is 12.0. The molecule has 2 rings (SSSR count). The lowest BCUT2D eigenvalue weighted by Gasteiger charge is -2.15. The van der Waals surface area contributed by atoms with Crippen LogP contribution in [-0.4, -0.2) is 33.3 Å². The molecule has 1 saturated heterocycles. The van der Waals surface area contributed by atoms with E-state index in [2.05, 4.69) is 4.98 Å². The molecule has 17 heavy (non-hydrogen) atoms. The Morgan fingerprint density at radius 2 is 2.12 bits per heavy atom. The van der Waals surface area contributed by atoms with Crippen molar-refractivity contribution in [3.63, 3.8) is 0 Å². The van der Waals surface area contributed by atoms with Gasteiger partial charge in [-0.2, -0.15) is 0 Å². The van der Waals surface area contributed by atoms with Crippen molar-refractivity contribution < 1.29 is 9.59 Å². The lowest BCUT2D eigenvalue weighted by Crippen LogP contribution is -2.27. The standard InChI is InChI=1S/C11H15N3O2S/c1-6(2)8-5-12-11(17)14(8)7-4-9(15)13(3)10(7)16/h5-7H,4H2,1-3H3,(H,12,17). The van der Waals surface area contributed by atoms with Crippen LogP contribution in [0, 0.1) is 4.77 Å². The predicted molar refractivity (Wildman–Crippen MR) is 65.1 cm³/mol. The molecule has 0 aromatic carbocycles. The second-order valence-electron chi connectivity index (χ2n) is 4.55. The van der Waals surface area contributed by atoms with Crippen LogP contribution < -0.4 is 0 Å². The number of nitrogens with zero attached hydrogens (tertiary/aromatic N) is 2. The number of hydrogen-bond donors (Lipinski definition) is 1. The summed E-state index contributed by atoms with van der Waals surface area (Å²) in [6.07, 6.45) is 2.00. The third-order valence-electron chi connectivity index (χ3n) is 3.10. The molecule has 0 aliphatic carbocycles. The topological polar surface area (TPSA) is 58.1 Å². The van der Waals surface area contributed by atoms with E-state index >= 15 is 0 Å². The van der Waals surface area contributed by atoms with Crippen LogP contribution in [0.2, 0.25) is 0 Å². The zero-order valence-corrected chi connectivity index (χ0v) is 10.9. The number of carbonyl (C=O) groups excluding carboxylic acids is 2. The molecule has 92 valence electrons. The average Bonchev–Trinajstić information content (AvgIpc) is 2.75. The molecule has 2 heterocycles. The fourth-order valence-corrected chi connectivity index (χ4v) is 2.39. The van der Waals surface area contributed by atoms with Gasteiger partial charge in [0.1, 0.15) is 6.04 Å². The summed E-state index contributed by atoms with van der Waals surface area (Å²) in [5, 5.41) is 0. The van der Waals surface area contributed by atoms with Crippen molar-refractivity contribution in [3.8, 4) is 0 Å². The molecule has 5 nitrogen and oxygen atoms in total. The first-order valence-electron chi connectivity index (χ1n) is 5.53. The Labute approximate surface area is 104 Å². The fourth-order valence-electron chi connectivity index (χ4n) is 2.10. The Hall–Kier alpha value is -1.43. The van der Waals surface area contributed by atoms with E-state index in [1.165, 1.54) is 11.9 Å². The molecule has 1 N–H and O–H groups in total. The predicted octanol–water partition coefficient (Wildman–Crippen LogP) is 1.60. The lowest BCUT2D eigenvalue weighted by atomic mass is 10.1. The minimum Gasteiger partial charge on any atom is -0.337 e. The smallest absolute Gasteiger partial charge is 0.252 e. The molecule has 2 amide bonds. The second-order valence-corrected chi connectivity index (χ2v) is 4.94. The number of amides is 2. The summed E-state index contributed by atoms with van der Waals surface area (Å²) in [4.78, 5) is 27.6. The zero-order chi connectivity index (χ0) is 12.7. The first-order valence-corrected chi connectivity index (χ1v) is 5.94. The van der Waals surface area contributed by atoms with Crippen molar-refractivity contribution in [2.75, 3.05) is 7.05 Å². The number of rotatable bonds is 2. The van der Waals surface area contributed by atoms with Gasteiger partial charge >= 0.3 is 0 Å². The van der Waals surface area contributed by atoms with E-state index in [0.29, 0.717) is 4.77 Å². The highest BCUT2D eigenvalue weighted by Crippen LogP contribution is 2.27. The molecular weight excluding hydrogens is 238 g/mol. The summed E-state index contributed by atoms with van der Waals surface area (Å²) in [7, 11) is 1.51. The van der Waals surface area contributed by atoms with Gasteiger partial charge in [0, 0.05) is 18.9 Å². The Morgan fingerprint density at radius 1 is 1.47 bits per heavy atom. The highest BCUT2D eigenvalue weighted by molar-refractivity contribution is 7.71. The molecule has 1 unspecified atom stereocenters. The highest BCUT2D eigenvalue weighted by atomic mass is 32.1. The van der Waals surface area contributed by atoms with Gasteiger partial charge in [0.05, 0.1) is 6.42 Å². The van der Waals surface area contributed by atoms with Crippen molar-refractivity contribution in [2.45, 2.75) is 32.2 Å². The van der Waals surface area contributed by atoms with Crippen molar-refractivity contribution in [1.82, 2.24) is 14.5 Å². The quantitative estimate of drug-likeness (QED) is 0.643. The first kappa shape index (κ1) is 12.0. The van der Waals surface area contributed by atoms with E-state index in [1.54, 1.807) is 4.57 Å². The van der Waals surface area contributed by atoms with E-state index in [1.807, 2.05) is 20.0 Å². The van der Waals surface area contributed by atoms with Gasteiger partial charge in [-0.1, -0.05) is 13.8 Å². The molecule has 0 radical (unpaired) electrons. The van der Waals surface area contributed by atoms with Crippen LogP contribution in [0.25, 0.3) is 0 Å². The minimum atomic E-state index is -0.483. The molecular formula is C11H15N3O2S. The molecule has 1 aromatic heterocycles. The molecule has 1 fully saturated rings. The van der Waals surface area contributed by atoms with Crippen LogP contribution in [0.4, 0.5) is 0 Å². The number of H-pyrrole nitrogens is 1. The van der Waals surface area contributed by atoms with Gasteiger partial charge in [0.15, 0.2) is 4.77 Å². The fraction of sp³-hybridized carbons (Fsp3) is 0.545. The monoisotopic (exact) mass is 253 g/mol. The number of likely N-dealkylation sites (N-methyl/N-ethyl adjacent to an activating group) is 1. The molecule has 0 spiro atoms. The molecule has 1 aromatic rings.